The van der Waals surface area contributed by atoms with E-state index in [2.05, 4.69) is 5.32 Å². The molecule has 7 heavy (non-hydrogen) atoms. The van der Waals surface area contributed by atoms with Crippen molar-refractivity contribution >= 4 is 11.6 Å². The Balaban J connectivity index is 2.68. The first-order chi connectivity index (χ1) is 3.27. The van der Waals surface area contributed by atoms with Gasteiger partial charge in [0.25, 0.3) is 0 Å². The van der Waals surface area contributed by atoms with Crippen LogP contribution in [-0.4, -0.2) is 29.1 Å². The van der Waals surface area contributed by atoms with Crippen LogP contribution >= 0.6 is 11.6 Å². The van der Waals surface area contributed by atoms with Gasteiger partial charge < -0.3 is 10.2 Å². The van der Waals surface area contributed by atoms with E-state index in [1.54, 1.807) is 0 Å². The van der Waals surface area contributed by atoms with Gasteiger partial charge in [-0.25, -0.2) is 0 Å². The normalized spacial score (nSPS) is 10.3. The minimum Gasteiger partial charge on any atom is -0.356 e. The van der Waals surface area contributed by atoms with Crippen LogP contribution in [-0.2, 0) is 0 Å². The summed E-state index contributed by atoms with van der Waals surface area (Å²) in [5.41, 5.74) is 0. The molecule has 0 aromatic carbocycles. The SMILES string of the molecule is OC(O)NCCCl. The summed E-state index contributed by atoms with van der Waals surface area (Å²) in [5.74, 6) is 0.387. The maximum Gasteiger partial charge on any atom is 0.211 e. The maximum atomic E-state index is 8.07. The summed E-state index contributed by atoms with van der Waals surface area (Å²) >= 11 is 5.16. The number of hydrogen-bond acceptors (Lipinski definition) is 3. The number of hydrogen-bond donors (Lipinski definition) is 3. The van der Waals surface area contributed by atoms with E-state index in [1.165, 1.54) is 0 Å². The van der Waals surface area contributed by atoms with E-state index >= 15 is 0 Å². The Kier molecular flexibility index (Phi) is 4.44. The van der Waals surface area contributed by atoms with Crippen LogP contribution in [0.3, 0.4) is 0 Å². The Morgan fingerprint density at radius 3 is 2.29 bits per heavy atom. The van der Waals surface area contributed by atoms with E-state index in [0.29, 0.717) is 12.4 Å². The lowest BCUT2D eigenvalue weighted by molar-refractivity contribution is -0.0641. The molecule has 0 bridgehead atoms. The smallest absolute Gasteiger partial charge is 0.211 e. The first kappa shape index (κ1) is 7.17. The second-order valence-corrected chi connectivity index (χ2v) is 1.39. The molecule has 0 amide bonds. The summed E-state index contributed by atoms with van der Waals surface area (Å²) in [5, 5.41) is 18.4. The molecule has 0 saturated carbocycles. The molecule has 0 heterocycles. The average molecular weight is 126 g/mol. The van der Waals surface area contributed by atoms with Crippen LogP contribution in [0.5, 0.6) is 0 Å². The Hall–Kier alpha value is 0.170. The van der Waals surface area contributed by atoms with E-state index in [-0.39, 0.29) is 0 Å². The van der Waals surface area contributed by atoms with Crippen molar-refractivity contribution < 1.29 is 10.2 Å². The standard InChI is InChI=1S/C3H8ClNO2/c4-1-2-5-3(6)7/h3,5-7H,1-2H2. The van der Waals surface area contributed by atoms with Gasteiger partial charge in [-0.3, -0.25) is 5.32 Å². The van der Waals surface area contributed by atoms with Crippen LogP contribution in [0.15, 0.2) is 0 Å². The van der Waals surface area contributed by atoms with Gasteiger partial charge in [0.15, 0.2) is 0 Å². The molecule has 3 N–H and O–H groups in total. The molecule has 0 saturated heterocycles. The molecule has 4 heteroatoms. The zero-order chi connectivity index (χ0) is 5.70. The van der Waals surface area contributed by atoms with Gasteiger partial charge in [0.1, 0.15) is 0 Å². The molecule has 0 rings (SSSR count). The van der Waals surface area contributed by atoms with Crippen LogP contribution in [0, 0.1) is 0 Å². The van der Waals surface area contributed by atoms with Crippen LogP contribution in [0.1, 0.15) is 0 Å². The van der Waals surface area contributed by atoms with Crippen molar-refractivity contribution in [3.8, 4) is 0 Å². The Labute approximate surface area is 46.9 Å². The number of alkyl halides is 1. The third-order valence-corrected chi connectivity index (χ3v) is 0.610. The highest BCUT2D eigenvalue weighted by atomic mass is 35.5. The molecule has 0 aromatic heterocycles. The highest BCUT2D eigenvalue weighted by molar-refractivity contribution is 6.18. The summed E-state index contributed by atoms with van der Waals surface area (Å²) in [6.07, 6.45) is -1.43. The number of nitrogens with one attached hydrogen (secondary N) is 1. The van der Waals surface area contributed by atoms with Gasteiger partial charge in [-0.2, -0.15) is 0 Å². The van der Waals surface area contributed by atoms with Crippen LogP contribution in [0.4, 0.5) is 0 Å². The maximum absolute atomic E-state index is 8.07. The summed E-state index contributed by atoms with van der Waals surface area (Å²) < 4.78 is 0. The van der Waals surface area contributed by atoms with Gasteiger partial charge in [-0.15, -0.1) is 11.6 Å². The van der Waals surface area contributed by atoms with Crippen molar-refractivity contribution in [2.24, 2.45) is 0 Å². The molecule has 0 aromatic rings. The first-order valence-corrected chi connectivity index (χ1v) is 2.46. The molecule has 0 spiro atoms. The van der Waals surface area contributed by atoms with Crippen LogP contribution in [0.2, 0.25) is 0 Å². The molecule has 0 aliphatic rings. The molecule has 44 valence electrons. The number of aliphatic hydroxyl groups excluding tert-OH is 1. The molecule has 0 aliphatic carbocycles. The fraction of sp³-hybridized carbons (Fsp3) is 1.00. The van der Waals surface area contributed by atoms with Gasteiger partial charge >= 0.3 is 0 Å². The van der Waals surface area contributed by atoms with E-state index in [4.69, 9.17) is 21.8 Å². The first-order valence-electron chi connectivity index (χ1n) is 1.93. The molecule has 0 unspecified atom stereocenters. The minimum atomic E-state index is -1.43. The van der Waals surface area contributed by atoms with Crippen molar-refractivity contribution in [1.29, 1.82) is 0 Å². The van der Waals surface area contributed by atoms with Gasteiger partial charge in [0.2, 0.25) is 6.41 Å². The highest BCUT2D eigenvalue weighted by Crippen LogP contribution is 1.70. The second kappa shape index (κ2) is 4.33. The lowest BCUT2D eigenvalue weighted by Gasteiger charge is -2.00. The zero-order valence-electron chi connectivity index (χ0n) is 3.76. The number of aliphatic hydroxyl groups is 2. The minimum absolute atomic E-state index is 0.387. The van der Waals surface area contributed by atoms with E-state index in [1.807, 2.05) is 0 Å². The van der Waals surface area contributed by atoms with Crippen molar-refractivity contribution in [3.05, 3.63) is 0 Å². The van der Waals surface area contributed by atoms with Crippen molar-refractivity contribution in [2.45, 2.75) is 6.41 Å². The Morgan fingerprint density at radius 2 is 2.14 bits per heavy atom. The van der Waals surface area contributed by atoms with E-state index < -0.39 is 6.41 Å². The van der Waals surface area contributed by atoms with Gasteiger partial charge in [0.05, 0.1) is 0 Å². The summed E-state index contributed by atoms with van der Waals surface area (Å²) in [7, 11) is 0. The van der Waals surface area contributed by atoms with Gasteiger partial charge in [-0.05, 0) is 0 Å². The fourth-order valence-electron chi connectivity index (χ4n) is 0.184. The van der Waals surface area contributed by atoms with Crippen LogP contribution < -0.4 is 5.32 Å². The van der Waals surface area contributed by atoms with E-state index in [9.17, 15) is 0 Å². The Morgan fingerprint density at radius 1 is 1.57 bits per heavy atom. The molecule has 3 nitrogen and oxygen atoms in total. The lowest BCUT2D eigenvalue weighted by atomic mass is 10.7. The molecule has 0 aliphatic heterocycles. The molecule has 0 atom stereocenters. The van der Waals surface area contributed by atoms with Crippen molar-refractivity contribution in [1.82, 2.24) is 5.32 Å². The average Bonchev–Trinajstić information content (AvgIpc) is 1.61. The van der Waals surface area contributed by atoms with E-state index in [0.717, 1.165) is 0 Å². The fourth-order valence-corrected chi connectivity index (χ4v) is 0.293. The Bertz CT molecular complexity index is 41.9. The lowest BCUT2D eigenvalue weighted by Crippen LogP contribution is -2.29. The molecule has 0 fully saturated rings. The summed E-state index contributed by atoms with van der Waals surface area (Å²) in [6.45, 7) is 0.416. The van der Waals surface area contributed by atoms with Crippen molar-refractivity contribution in [3.63, 3.8) is 0 Å². The molecule has 0 radical (unpaired) electrons. The quantitative estimate of drug-likeness (QED) is 0.338. The largest absolute Gasteiger partial charge is 0.356 e. The second-order valence-electron chi connectivity index (χ2n) is 1.02. The molecular formula is C3H8ClNO2. The number of halogens is 1. The monoisotopic (exact) mass is 125 g/mol. The zero-order valence-corrected chi connectivity index (χ0v) is 4.52. The molecular weight excluding hydrogens is 117 g/mol. The van der Waals surface area contributed by atoms with Gasteiger partial charge in [-0.1, -0.05) is 0 Å². The van der Waals surface area contributed by atoms with Crippen molar-refractivity contribution in [2.75, 3.05) is 12.4 Å². The summed E-state index contributed by atoms with van der Waals surface area (Å²) in [6, 6.07) is 0. The summed E-state index contributed by atoms with van der Waals surface area (Å²) in [4.78, 5) is 0. The third-order valence-electron chi connectivity index (χ3n) is 0.421. The van der Waals surface area contributed by atoms with Crippen LogP contribution in [0.25, 0.3) is 0 Å². The third kappa shape index (κ3) is 6.17. The predicted molar refractivity (Wildman–Crippen MR) is 26.9 cm³/mol. The highest BCUT2D eigenvalue weighted by Gasteiger charge is 1.89. The van der Waals surface area contributed by atoms with Gasteiger partial charge in [0, 0.05) is 12.4 Å². The topological polar surface area (TPSA) is 52.5 Å². The predicted octanol–water partition coefficient (Wildman–Crippen LogP) is -0.917. The number of rotatable bonds is 3.